The first-order valence-electron chi connectivity index (χ1n) is 8.39. The van der Waals surface area contributed by atoms with Gasteiger partial charge >= 0.3 is 0 Å². The molecular weight excluding hydrogens is 336 g/mol. The highest BCUT2D eigenvalue weighted by Gasteiger charge is 2.34. The number of furan rings is 1. The van der Waals surface area contributed by atoms with Crippen LogP contribution in [0, 0.1) is 5.92 Å². The van der Waals surface area contributed by atoms with Gasteiger partial charge in [0.15, 0.2) is 11.5 Å². The predicted octanol–water partition coefficient (Wildman–Crippen LogP) is 1.96. The zero-order valence-electron chi connectivity index (χ0n) is 14.9. The summed E-state index contributed by atoms with van der Waals surface area (Å²) in [5, 5.41) is 2.89. The number of carbonyl (C=O) groups is 2. The Morgan fingerprint density at radius 2 is 2.08 bits per heavy atom. The van der Waals surface area contributed by atoms with Crippen molar-refractivity contribution in [2.45, 2.75) is 19.5 Å². The summed E-state index contributed by atoms with van der Waals surface area (Å²) in [5.74, 6) is 1.45. The summed E-state index contributed by atoms with van der Waals surface area (Å²) in [6.45, 7) is 1.16. The van der Waals surface area contributed by atoms with E-state index < -0.39 is 0 Å². The summed E-state index contributed by atoms with van der Waals surface area (Å²) in [7, 11) is 3.14. The van der Waals surface area contributed by atoms with E-state index in [4.69, 9.17) is 13.9 Å². The van der Waals surface area contributed by atoms with Gasteiger partial charge in [-0.25, -0.2) is 0 Å². The number of nitrogens with one attached hydrogen (secondary N) is 1. The number of nitrogens with zero attached hydrogens (tertiary/aromatic N) is 1. The number of hydrogen-bond donors (Lipinski definition) is 1. The molecule has 0 aliphatic carbocycles. The van der Waals surface area contributed by atoms with Crippen LogP contribution in [0.15, 0.2) is 41.0 Å². The van der Waals surface area contributed by atoms with E-state index in [2.05, 4.69) is 5.32 Å². The number of hydrogen-bond acceptors (Lipinski definition) is 5. The third kappa shape index (κ3) is 3.99. The first kappa shape index (κ1) is 17.8. The third-order valence-electron chi connectivity index (χ3n) is 4.43. The van der Waals surface area contributed by atoms with Gasteiger partial charge in [-0.3, -0.25) is 9.59 Å². The molecule has 3 rings (SSSR count). The van der Waals surface area contributed by atoms with E-state index in [0.29, 0.717) is 36.9 Å². The van der Waals surface area contributed by atoms with Crippen molar-refractivity contribution in [3.05, 3.63) is 47.9 Å². The van der Waals surface area contributed by atoms with E-state index in [-0.39, 0.29) is 24.2 Å². The van der Waals surface area contributed by atoms with Crippen LogP contribution in [-0.2, 0) is 22.7 Å². The molecule has 2 amide bonds. The maximum atomic E-state index is 12.4. The first-order chi connectivity index (χ1) is 12.6. The summed E-state index contributed by atoms with van der Waals surface area (Å²) < 4.78 is 15.7. The van der Waals surface area contributed by atoms with Gasteiger partial charge in [0, 0.05) is 19.5 Å². The van der Waals surface area contributed by atoms with E-state index in [1.165, 1.54) is 0 Å². The highest BCUT2D eigenvalue weighted by Crippen LogP contribution is 2.27. The first-order valence-corrected chi connectivity index (χ1v) is 8.39. The standard InChI is InChI=1S/C19H22N2O5/c1-24-16-6-5-13(8-17(16)25-2)10-20-19(23)14-9-18(22)21(11-14)12-15-4-3-7-26-15/h3-8,14H,9-12H2,1-2H3,(H,20,23)/t14-/m0/s1. The monoisotopic (exact) mass is 358 g/mol. The second-order valence-electron chi connectivity index (χ2n) is 6.16. The quantitative estimate of drug-likeness (QED) is 0.818. The number of ether oxygens (including phenoxy) is 2. The van der Waals surface area contributed by atoms with Crippen LogP contribution < -0.4 is 14.8 Å². The summed E-state index contributed by atoms with van der Waals surface area (Å²) in [5.41, 5.74) is 0.896. The second kappa shape index (κ2) is 7.95. The van der Waals surface area contributed by atoms with Crippen LogP contribution in [0.1, 0.15) is 17.7 Å². The number of amides is 2. The molecule has 1 aliphatic rings. The highest BCUT2D eigenvalue weighted by molar-refractivity contribution is 5.89. The van der Waals surface area contributed by atoms with Crippen molar-refractivity contribution >= 4 is 11.8 Å². The van der Waals surface area contributed by atoms with Crippen molar-refractivity contribution in [1.82, 2.24) is 10.2 Å². The molecule has 1 aromatic carbocycles. The molecule has 0 radical (unpaired) electrons. The van der Waals surface area contributed by atoms with Gasteiger partial charge in [0.1, 0.15) is 5.76 Å². The molecule has 1 fully saturated rings. The number of benzene rings is 1. The van der Waals surface area contributed by atoms with Gasteiger partial charge in [-0.1, -0.05) is 6.07 Å². The number of rotatable bonds is 7. The summed E-state index contributed by atoms with van der Waals surface area (Å²) >= 11 is 0. The van der Waals surface area contributed by atoms with E-state index in [9.17, 15) is 9.59 Å². The predicted molar refractivity (Wildman–Crippen MR) is 93.6 cm³/mol. The fourth-order valence-corrected chi connectivity index (χ4v) is 3.02. The van der Waals surface area contributed by atoms with Crippen LogP contribution in [0.3, 0.4) is 0 Å². The molecule has 1 saturated heterocycles. The Kier molecular flexibility index (Phi) is 5.46. The van der Waals surface area contributed by atoms with Crippen LogP contribution in [0.5, 0.6) is 11.5 Å². The topological polar surface area (TPSA) is 81.0 Å². The van der Waals surface area contributed by atoms with Gasteiger partial charge in [0.05, 0.1) is 32.9 Å². The van der Waals surface area contributed by atoms with Crippen LogP contribution in [0.25, 0.3) is 0 Å². The largest absolute Gasteiger partial charge is 0.493 e. The Labute approximate surface area is 151 Å². The third-order valence-corrected chi connectivity index (χ3v) is 4.43. The maximum Gasteiger partial charge on any atom is 0.225 e. The Morgan fingerprint density at radius 3 is 2.77 bits per heavy atom. The lowest BCUT2D eigenvalue weighted by Crippen LogP contribution is -2.32. The average molecular weight is 358 g/mol. The minimum Gasteiger partial charge on any atom is -0.493 e. The zero-order valence-corrected chi connectivity index (χ0v) is 14.9. The molecule has 0 saturated carbocycles. The molecule has 138 valence electrons. The Bertz CT molecular complexity index is 772. The molecular formula is C19H22N2O5. The van der Waals surface area contributed by atoms with Gasteiger partial charge in [0.25, 0.3) is 0 Å². The van der Waals surface area contributed by atoms with Gasteiger partial charge < -0.3 is 24.1 Å². The molecule has 1 aromatic heterocycles. The lowest BCUT2D eigenvalue weighted by molar-refractivity contribution is -0.129. The van der Waals surface area contributed by atoms with Crippen molar-refractivity contribution in [3.63, 3.8) is 0 Å². The zero-order chi connectivity index (χ0) is 18.5. The molecule has 7 nitrogen and oxygen atoms in total. The van der Waals surface area contributed by atoms with E-state index in [0.717, 1.165) is 5.56 Å². The smallest absolute Gasteiger partial charge is 0.225 e. The number of methoxy groups -OCH3 is 2. The van der Waals surface area contributed by atoms with Crippen molar-refractivity contribution in [1.29, 1.82) is 0 Å². The minimum atomic E-state index is -0.349. The summed E-state index contributed by atoms with van der Waals surface area (Å²) in [6, 6.07) is 9.08. The van der Waals surface area contributed by atoms with Gasteiger partial charge in [-0.15, -0.1) is 0 Å². The van der Waals surface area contributed by atoms with Crippen LogP contribution in [0.2, 0.25) is 0 Å². The Balaban J connectivity index is 1.54. The van der Waals surface area contributed by atoms with Crippen molar-refractivity contribution in [3.8, 4) is 11.5 Å². The average Bonchev–Trinajstić information content (AvgIpc) is 3.30. The molecule has 0 unspecified atom stereocenters. The fraction of sp³-hybridized carbons (Fsp3) is 0.368. The lowest BCUT2D eigenvalue weighted by Gasteiger charge is -2.15. The Morgan fingerprint density at radius 1 is 1.27 bits per heavy atom. The Hall–Kier alpha value is -2.96. The van der Waals surface area contributed by atoms with Crippen molar-refractivity contribution in [2.24, 2.45) is 5.92 Å². The van der Waals surface area contributed by atoms with E-state index in [1.807, 2.05) is 18.2 Å². The molecule has 0 spiro atoms. The SMILES string of the molecule is COc1ccc(CNC(=O)[C@H]2CC(=O)N(Cc3ccco3)C2)cc1OC. The second-order valence-corrected chi connectivity index (χ2v) is 6.16. The van der Waals surface area contributed by atoms with Gasteiger partial charge in [-0.2, -0.15) is 0 Å². The number of carbonyl (C=O) groups excluding carboxylic acids is 2. The molecule has 0 bridgehead atoms. The van der Waals surface area contributed by atoms with Crippen molar-refractivity contribution in [2.75, 3.05) is 20.8 Å². The van der Waals surface area contributed by atoms with Gasteiger partial charge in [-0.05, 0) is 29.8 Å². The van der Waals surface area contributed by atoms with Gasteiger partial charge in [0.2, 0.25) is 11.8 Å². The van der Waals surface area contributed by atoms with Crippen LogP contribution in [-0.4, -0.2) is 37.5 Å². The summed E-state index contributed by atoms with van der Waals surface area (Å²) in [6.07, 6.45) is 1.79. The molecule has 2 aromatic rings. The molecule has 1 N–H and O–H groups in total. The van der Waals surface area contributed by atoms with E-state index >= 15 is 0 Å². The lowest BCUT2D eigenvalue weighted by atomic mass is 10.1. The van der Waals surface area contributed by atoms with E-state index in [1.54, 1.807) is 37.5 Å². The molecule has 26 heavy (non-hydrogen) atoms. The number of likely N-dealkylation sites (tertiary alicyclic amines) is 1. The summed E-state index contributed by atoms with van der Waals surface area (Å²) in [4.78, 5) is 26.2. The fourth-order valence-electron chi connectivity index (χ4n) is 3.02. The molecule has 1 aliphatic heterocycles. The molecule has 2 heterocycles. The maximum absolute atomic E-state index is 12.4. The molecule has 7 heteroatoms. The van der Waals surface area contributed by atoms with Crippen LogP contribution >= 0.6 is 0 Å². The normalized spacial score (nSPS) is 16.6. The molecule has 1 atom stereocenters. The minimum absolute atomic E-state index is 0.0346. The van der Waals surface area contributed by atoms with Crippen LogP contribution in [0.4, 0.5) is 0 Å². The van der Waals surface area contributed by atoms with Crippen molar-refractivity contribution < 1.29 is 23.5 Å². The highest BCUT2D eigenvalue weighted by atomic mass is 16.5.